The number of benzene rings is 2. The van der Waals surface area contributed by atoms with Crippen LogP contribution in [0, 0.1) is 17.5 Å². The first-order valence-corrected chi connectivity index (χ1v) is 5.85. The molecule has 0 unspecified atom stereocenters. The maximum Gasteiger partial charge on any atom is 0.187 e. The summed E-state index contributed by atoms with van der Waals surface area (Å²) in [6.07, 6.45) is 0. The highest BCUT2D eigenvalue weighted by Crippen LogP contribution is 2.25. The van der Waals surface area contributed by atoms with Gasteiger partial charge < -0.3 is 5.73 Å². The smallest absolute Gasteiger partial charge is 0.187 e. The average molecular weight is 291 g/mol. The molecule has 3 aromatic rings. The maximum atomic E-state index is 13.8. The Bertz CT molecular complexity index is 792. The Morgan fingerprint density at radius 3 is 2.38 bits per heavy atom. The Morgan fingerprint density at radius 1 is 1.00 bits per heavy atom. The molecule has 0 aliphatic carbocycles. The van der Waals surface area contributed by atoms with Gasteiger partial charge in [0.05, 0.1) is 0 Å². The van der Waals surface area contributed by atoms with Gasteiger partial charge in [-0.3, -0.25) is 0 Å². The van der Waals surface area contributed by atoms with Crippen LogP contribution < -0.4 is 5.73 Å². The van der Waals surface area contributed by atoms with Gasteiger partial charge in [0, 0.05) is 23.4 Å². The topological polar surface area (TPSA) is 69.6 Å². The summed E-state index contributed by atoms with van der Waals surface area (Å²) in [5.74, 6) is -3.14. The van der Waals surface area contributed by atoms with E-state index in [9.17, 15) is 13.2 Å². The largest absolute Gasteiger partial charge is 0.399 e. The average Bonchev–Trinajstić information content (AvgIpc) is 2.86. The van der Waals surface area contributed by atoms with Crippen LogP contribution in [0.1, 0.15) is 0 Å². The zero-order valence-electron chi connectivity index (χ0n) is 10.5. The molecule has 0 atom stereocenters. The van der Waals surface area contributed by atoms with Crippen molar-refractivity contribution in [2.45, 2.75) is 0 Å². The summed E-state index contributed by atoms with van der Waals surface area (Å²) in [5.41, 5.74) is 6.02. The van der Waals surface area contributed by atoms with E-state index in [0.29, 0.717) is 23.4 Å². The van der Waals surface area contributed by atoms with Crippen LogP contribution in [-0.4, -0.2) is 20.2 Å². The van der Waals surface area contributed by atoms with Gasteiger partial charge in [-0.05, 0) is 22.6 Å². The SMILES string of the molecule is Nc1cccc(-c2nnnn2-c2c(F)cc(F)cc2F)c1. The molecule has 0 amide bonds. The molecular weight excluding hydrogens is 283 g/mol. The standard InChI is InChI=1S/C13H8F3N5/c14-8-5-10(15)12(11(16)6-8)21-13(18-19-20-21)7-2-1-3-9(17)4-7/h1-6H,17H2. The number of halogens is 3. The molecule has 0 aliphatic rings. The molecule has 1 aromatic heterocycles. The number of anilines is 1. The molecule has 0 aliphatic heterocycles. The second kappa shape index (κ2) is 4.89. The number of tetrazole rings is 1. The first-order valence-electron chi connectivity index (χ1n) is 5.85. The van der Waals surface area contributed by atoms with Crippen LogP contribution in [0.3, 0.4) is 0 Å². The molecule has 3 rings (SSSR count). The lowest BCUT2D eigenvalue weighted by atomic mass is 10.2. The number of hydrogen-bond donors (Lipinski definition) is 1. The second-order valence-corrected chi connectivity index (χ2v) is 4.26. The number of aromatic nitrogens is 4. The first-order chi connectivity index (χ1) is 10.1. The van der Waals surface area contributed by atoms with Gasteiger partial charge in [-0.1, -0.05) is 12.1 Å². The van der Waals surface area contributed by atoms with Crippen molar-refractivity contribution in [1.82, 2.24) is 20.2 Å². The van der Waals surface area contributed by atoms with Crippen molar-refractivity contribution in [2.24, 2.45) is 0 Å². The highest BCUT2D eigenvalue weighted by molar-refractivity contribution is 5.62. The zero-order chi connectivity index (χ0) is 15.0. The Labute approximate surface area is 116 Å². The van der Waals surface area contributed by atoms with Crippen LogP contribution in [0.25, 0.3) is 17.1 Å². The third-order valence-corrected chi connectivity index (χ3v) is 2.81. The van der Waals surface area contributed by atoms with Crippen molar-refractivity contribution in [3.05, 3.63) is 53.8 Å². The summed E-state index contributed by atoms with van der Waals surface area (Å²) in [4.78, 5) is 0. The molecule has 106 valence electrons. The fourth-order valence-electron chi connectivity index (χ4n) is 1.93. The van der Waals surface area contributed by atoms with Gasteiger partial charge in [0.25, 0.3) is 0 Å². The van der Waals surface area contributed by atoms with Crippen LogP contribution >= 0.6 is 0 Å². The molecule has 2 aromatic carbocycles. The van der Waals surface area contributed by atoms with Gasteiger partial charge in [-0.25, -0.2) is 13.2 Å². The minimum absolute atomic E-state index is 0.0895. The van der Waals surface area contributed by atoms with E-state index >= 15 is 0 Å². The predicted molar refractivity (Wildman–Crippen MR) is 68.9 cm³/mol. The van der Waals surface area contributed by atoms with Crippen LogP contribution in [0.2, 0.25) is 0 Å². The highest BCUT2D eigenvalue weighted by Gasteiger charge is 2.19. The van der Waals surface area contributed by atoms with Crippen LogP contribution in [0.5, 0.6) is 0 Å². The number of nitrogens with two attached hydrogens (primary N) is 1. The van der Waals surface area contributed by atoms with Gasteiger partial charge in [0.15, 0.2) is 17.5 Å². The van der Waals surface area contributed by atoms with E-state index in [0.717, 1.165) is 4.68 Å². The molecule has 21 heavy (non-hydrogen) atoms. The van der Waals surface area contributed by atoms with Gasteiger partial charge in [-0.15, -0.1) is 5.10 Å². The lowest BCUT2D eigenvalue weighted by Crippen LogP contribution is -2.06. The van der Waals surface area contributed by atoms with Crippen molar-refractivity contribution in [1.29, 1.82) is 0 Å². The molecule has 0 saturated carbocycles. The highest BCUT2D eigenvalue weighted by atomic mass is 19.1. The third kappa shape index (κ3) is 2.31. The number of hydrogen-bond acceptors (Lipinski definition) is 4. The number of nitrogens with zero attached hydrogens (tertiary/aromatic N) is 4. The minimum atomic E-state index is -1.11. The summed E-state index contributed by atoms with van der Waals surface area (Å²) >= 11 is 0. The van der Waals surface area contributed by atoms with Crippen molar-refractivity contribution < 1.29 is 13.2 Å². The number of rotatable bonds is 2. The molecule has 5 nitrogen and oxygen atoms in total. The molecule has 0 fully saturated rings. The second-order valence-electron chi connectivity index (χ2n) is 4.26. The molecule has 0 bridgehead atoms. The molecule has 0 radical (unpaired) electrons. The summed E-state index contributed by atoms with van der Waals surface area (Å²) in [6.45, 7) is 0. The van der Waals surface area contributed by atoms with Crippen LogP contribution in [0.15, 0.2) is 36.4 Å². The van der Waals surface area contributed by atoms with Crippen LogP contribution in [0.4, 0.5) is 18.9 Å². The molecule has 2 N–H and O–H groups in total. The summed E-state index contributed by atoms with van der Waals surface area (Å²) in [7, 11) is 0. The van der Waals surface area contributed by atoms with Gasteiger partial charge in [0.2, 0.25) is 0 Å². The van der Waals surface area contributed by atoms with Gasteiger partial charge >= 0.3 is 0 Å². The van der Waals surface area contributed by atoms with Crippen LogP contribution in [-0.2, 0) is 0 Å². The summed E-state index contributed by atoms with van der Waals surface area (Å²) in [5, 5.41) is 10.7. The van der Waals surface area contributed by atoms with Crippen molar-refractivity contribution >= 4 is 5.69 Å². The first kappa shape index (κ1) is 13.1. The maximum absolute atomic E-state index is 13.8. The molecule has 8 heteroatoms. The van der Waals surface area contributed by atoms with Gasteiger partial charge in [0.1, 0.15) is 11.5 Å². The Morgan fingerprint density at radius 2 is 1.71 bits per heavy atom. The lowest BCUT2D eigenvalue weighted by molar-refractivity contribution is 0.526. The lowest BCUT2D eigenvalue weighted by Gasteiger charge is -2.07. The van der Waals surface area contributed by atoms with Gasteiger partial charge in [-0.2, -0.15) is 4.68 Å². The van der Waals surface area contributed by atoms with E-state index < -0.39 is 23.1 Å². The molecular formula is C13H8F3N5. The van der Waals surface area contributed by atoms with E-state index in [1.807, 2.05) is 0 Å². The third-order valence-electron chi connectivity index (χ3n) is 2.81. The van der Waals surface area contributed by atoms with E-state index in [4.69, 9.17) is 5.73 Å². The Kier molecular flexibility index (Phi) is 3.05. The fourth-order valence-corrected chi connectivity index (χ4v) is 1.93. The summed E-state index contributed by atoms with van der Waals surface area (Å²) < 4.78 is 41.5. The quantitative estimate of drug-likeness (QED) is 0.736. The summed E-state index contributed by atoms with van der Waals surface area (Å²) in [6, 6.07) is 7.61. The monoisotopic (exact) mass is 291 g/mol. The van der Waals surface area contributed by atoms with Crippen molar-refractivity contribution in [3.63, 3.8) is 0 Å². The van der Waals surface area contributed by atoms with E-state index in [1.54, 1.807) is 24.3 Å². The van der Waals surface area contributed by atoms with Crippen molar-refractivity contribution in [2.75, 3.05) is 5.73 Å². The normalized spacial score (nSPS) is 10.8. The predicted octanol–water partition coefficient (Wildman–Crippen LogP) is 2.33. The van der Waals surface area contributed by atoms with Crippen molar-refractivity contribution in [3.8, 4) is 17.1 Å². The fraction of sp³-hybridized carbons (Fsp3) is 0. The van der Waals surface area contributed by atoms with E-state index in [2.05, 4.69) is 15.5 Å². The Hall–Kier alpha value is -2.90. The molecule has 0 saturated heterocycles. The number of nitrogen functional groups attached to an aromatic ring is 1. The Balaban J connectivity index is 2.21. The van der Waals surface area contributed by atoms with E-state index in [1.165, 1.54) is 0 Å². The molecule has 0 spiro atoms. The zero-order valence-corrected chi connectivity index (χ0v) is 10.5. The van der Waals surface area contributed by atoms with E-state index in [-0.39, 0.29) is 5.82 Å². The minimum Gasteiger partial charge on any atom is -0.399 e. The molecule has 1 heterocycles.